The molecule has 3 aromatic rings. The monoisotopic (exact) mass is 511 g/mol. The number of nitrogens with zero attached hydrogens (tertiary/aromatic N) is 1. The first-order valence-electron chi connectivity index (χ1n) is 11.7. The first-order valence-corrected chi connectivity index (χ1v) is 13.2. The predicted octanol–water partition coefficient (Wildman–Crippen LogP) is 3.57. The highest BCUT2D eigenvalue weighted by atomic mass is 32.2. The number of hydrogen-bond acceptors (Lipinski definition) is 6. The van der Waals surface area contributed by atoms with E-state index in [9.17, 15) is 18.0 Å². The van der Waals surface area contributed by atoms with Gasteiger partial charge < -0.3 is 19.8 Å². The summed E-state index contributed by atoms with van der Waals surface area (Å²) >= 11 is 0. The van der Waals surface area contributed by atoms with E-state index in [0.717, 1.165) is 12.8 Å². The minimum absolute atomic E-state index is 0.0753. The zero-order valence-electron chi connectivity index (χ0n) is 20.0. The van der Waals surface area contributed by atoms with E-state index < -0.39 is 10.0 Å². The van der Waals surface area contributed by atoms with Gasteiger partial charge in [0.15, 0.2) is 0 Å². The van der Waals surface area contributed by atoms with Crippen LogP contribution in [0.25, 0.3) is 0 Å². The molecule has 36 heavy (non-hydrogen) atoms. The summed E-state index contributed by atoms with van der Waals surface area (Å²) in [5, 5.41) is 5.56. The lowest BCUT2D eigenvalue weighted by molar-refractivity contribution is -0.116. The number of hydrogen-bond donors (Lipinski definition) is 2. The van der Waals surface area contributed by atoms with Crippen LogP contribution in [0.2, 0.25) is 0 Å². The number of ether oxygens (including phenoxy) is 1. The summed E-state index contributed by atoms with van der Waals surface area (Å²) in [6.45, 7) is 1.26. The molecule has 4 rings (SSSR count). The number of anilines is 1. The zero-order chi connectivity index (χ0) is 25.5. The molecule has 0 bridgehead atoms. The van der Waals surface area contributed by atoms with Gasteiger partial charge in [-0.15, -0.1) is 0 Å². The SMILES string of the molecule is COc1ccc(S(=O)(=O)N2CCCC2)cc1CCC(=O)Nc1ccccc1C(=O)NCc1ccco1. The lowest BCUT2D eigenvalue weighted by atomic mass is 10.1. The van der Waals surface area contributed by atoms with Crippen molar-refractivity contribution in [3.8, 4) is 5.75 Å². The van der Waals surface area contributed by atoms with Gasteiger partial charge in [-0.1, -0.05) is 12.1 Å². The maximum absolute atomic E-state index is 13.0. The first-order chi connectivity index (χ1) is 17.4. The predicted molar refractivity (Wildman–Crippen MR) is 134 cm³/mol. The van der Waals surface area contributed by atoms with Crippen molar-refractivity contribution in [1.82, 2.24) is 9.62 Å². The minimum atomic E-state index is -3.58. The third-order valence-electron chi connectivity index (χ3n) is 6.03. The zero-order valence-corrected chi connectivity index (χ0v) is 20.8. The van der Waals surface area contributed by atoms with E-state index in [2.05, 4.69) is 10.6 Å². The van der Waals surface area contributed by atoms with Crippen LogP contribution in [-0.2, 0) is 27.8 Å². The molecule has 2 amide bonds. The van der Waals surface area contributed by atoms with Gasteiger partial charge in [-0.3, -0.25) is 9.59 Å². The lowest BCUT2D eigenvalue weighted by Crippen LogP contribution is -2.28. The number of carbonyl (C=O) groups is 2. The van der Waals surface area contributed by atoms with Crippen molar-refractivity contribution in [3.63, 3.8) is 0 Å². The normalized spacial score (nSPS) is 13.9. The highest BCUT2D eigenvalue weighted by molar-refractivity contribution is 7.89. The molecule has 1 fully saturated rings. The summed E-state index contributed by atoms with van der Waals surface area (Å²) in [7, 11) is -2.08. The molecule has 2 heterocycles. The van der Waals surface area contributed by atoms with Crippen molar-refractivity contribution in [2.24, 2.45) is 0 Å². The highest BCUT2D eigenvalue weighted by Gasteiger charge is 2.28. The molecule has 0 spiro atoms. The number of rotatable bonds is 10. The Morgan fingerprint density at radius 3 is 2.56 bits per heavy atom. The molecule has 2 N–H and O–H groups in total. The molecule has 190 valence electrons. The van der Waals surface area contributed by atoms with Crippen molar-refractivity contribution in [2.75, 3.05) is 25.5 Å². The molecular weight excluding hydrogens is 482 g/mol. The maximum Gasteiger partial charge on any atom is 0.253 e. The van der Waals surface area contributed by atoms with Crippen LogP contribution in [0.5, 0.6) is 5.75 Å². The number of aryl methyl sites for hydroxylation is 1. The van der Waals surface area contributed by atoms with E-state index in [1.165, 1.54) is 23.7 Å². The Kier molecular flexibility index (Phi) is 8.07. The van der Waals surface area contributed by atoms with Gasteiger partial charge in [0.05, 0.1) is 36.1 Å². The Bertz CT molecular complexity index is 1320. The number of sulfonamides is 1. The average Bonchev–Trinajstić information content (AvgIpc) is 3.61. The van der Waals surface area contributed by atoms with Crippen LogP contribution in [0.15, 0.2) is 70.2 Å². The quantitative estimate of drug-likeness (QED) is 0.430. The van der Waals surface area contributed by atoms with Crippen LogP contribution in [0.4, 0.5) is 5.69 Å². The molecule has 0 saturated carbocycles. The molecular formula is C26H29N3O6S. The third kappa shape index (κ3) is 5.95. The summed E-state index contributed by atoms with van der Waals surface area (Å²) in [5.74, 6) is 0.480. The van der Waals surface area contributed by atoms with Crippen molar-refractivity contribution >= 4 is 27.5 Å². The van der Waals surface area contributed by atoms with E-state index in [-0.39, 0.29) is 36.1 Å². The molecule has 10 heteroatoms. The van der Waals surface area contributed by atoms with Crippen molar-refractivity contribution < 1.29 is 27.2 Å². The topological polar surface area (TPSA) is 118 Å². The van der Waals surface area contributed by atoms with Crippen molar-refractivity contribution in [1.29, 1.82) is 0 Å². The number of para-hydroxylation sites is 1. The Morgan fingerprint density at radius 2 is 1.83 bits per heavy atom. The lowest BCUT2D eigenvalue weighted by Gasteiger charge is -2.17. The van der Waals surface area contributed by atoms with Gasteiger partial charge >= 0.3 is 0 Å². The van der Waals surface area contributed by atoms with Crippen LogP contribution in [-0.4, -0.2) is 44.7 Å². The molecule has 0 radical (unpaired) electrons. The molecule has 0 aliphatic carbocycles. The molecule has 1 aromatic heterocycles. The van der Waals surface area contributed by atoms with E-state index in [1.807, 2.05) is 0 Å². The van der Waals surface area contributed by atoms with Gasteiger partial charge in [0.2, 0.25) is 15.9 Å². The van der Waals surface area contributed by atoms with Gasteiger partial charge in [0, 0.05) is 19.5 Å². The Labute approximate surface area is 210 Å². The number of amides is 2. The number of furan rings is 1. The summed E-state index contributed by atoms with van der Waals surface area (Å²) in [6, 6.07) is 15.0. The molecule has 2 aromatic carbocycles. The Morgan fingerprint density at radius 1 is 1.06 bits per heavy atom. The second-order valence-electron chi connectivity index (χ2n) is 8.44. The molecule has 0 unspecified atom stereocenters. The summed E-state index contributed by atoms with van der Waals surface area (Å²) in [6.07, 6.45) is 3.58. The first kappa shape index (κ1) is 25.5. The van der Waals surface area contributed by atoms with Crippen LogP contribution in [0.3, 0.4) is 0 Å². The molecule has 9 nitrogen and oxygen atoms in total. The number of nitrogens with one attached hydrogen (secondary N) is 2. The fourth-order valence-electron chi connectivity index (χ4n) is 4.12. The largest absolute Gasteiger partial charge is 0.496 e. The Hall–Kier alpha value is -3.63. The number of carbonyl (C=O) groups excluding carboxylic acids is 2. The van der Waals surface area contributed by atoms with Crippen LogP contribution in [0.1, 0.15) is 40.9 Å². The standard InChI is InChI=1S/C26H29N3O6S/c1-34-24-12-11-21(36(32,33)29-14-4-5-15-29)17-19(24)10-13-25(30)28-23-9-3-2-8-22(23)26(31)27-18-20-7-6-16-35-20/h2-3,6-9,11-12,16-17H,4-5,10,13-15,18H2,1H3,(H,27,31)(H,28,30). The second kappa shape index (κ2) is 11.4. The highest BCUT2D eigenvalue weighted by Crippen LogP contribution is 2.27. The van der Waals surface area contributed by atoms with Gasteiger partial charge in [-0.25, -0.2) is 8.42 Å². The van der Waals surface area contributed by atoms with Gasteiger partial charge in [0.25, 0.3) is 5.91 Å². The van der Waals surface area contributed by atoms with E-state index in [4.69, 9.17) is 9.15 Å². The van der Waals surface area contributed by atoms with Gasteiger partial charge in [-0.2, -0.15) is 4.31 Å². The van der Waals surface area contributed by atoms with E-state index in [0.29, 0.717) is 41.4 Å². The second-order valence-corrected chi connectivity index (χ2v) is 10.4. The molecule has 1 aliphatic heterocycles. The van der Waals surface area contributed by atoms with Gasteiger partial charge in [0.1, 0.15) is 11.5 Å². The smallest absolute Gasteiger partial charge is 0.253 e. The Balaban J connectivity index is 1.42. The van der Waals surface area contributed by atoms with Gasteiger partial charge in [-0.05, 0) is 67.3 Å². The van der Waals surface area contributed by atoms with Crippen molar-refractivity contribution in [2.45, 2.75) is 37.1 Å². The molecule has 1 aliphatic rings. The van der Waals surface area contributed by atoms with Crippen LogP contribution >= 0.6 is 0 Å². The summed E-state index contributed by atoms with van der Waals surface area (Å²) in [4.78, 5) is 25.6. The van der Waals surface area contributed by atoms with Crippen LogP contribution < -0.4 is 15.4 Å². The molecule has 1 saturated heterocycles. The average molecular weight is 512 g/mol. The summed E-state index contributed by atoms with van der Waals surface area (Å²) in [5.41, 5.74) is 1.34. The summed E-state index contributed by atoms with van der Waals surface area (Å²) < 4.78 is 38.0. The fraction of sp³-hybridized carbons (Fsp3) is 0.308. The maximum atomic E-state index is 13.0. The van der Waals surface area contributed by atoms with E-state index in [1.54, 1.807) is 48.5 Å². The van der Waals surface area contributed by atoms with Crippen LogP contribution in [0, 0.1) is 0 Å². The van der Waals surface area contributed by atoms with Crippen molar-refractivity contribution in [3.05, 3.63) is 77.7 Å². The third-order valence-corrected chi connectivity index (χ3v) is 7.92. The van der Waals surface area contributed by atoms with E-state index >= 15 is 0 Å². The minimum Gasteiger partial charge on any atom is -0.496 e. The fourth-order valence-corrected chi connectivity index (χ4v) is 5.68. The number of methoxy groups -OCH3 is 1. The number of benzene rings is 2. The molecule has 0 atom stereocenters.